The molecule has 0 aliphatic rings. The van der Waals surface area contributed by atoms with Crippen molar-refractivity contribution >= 4 is 17.9 Å². The predicted octanol–water partition coefficient (Wildman–Crippen LogP) is 0.360. The molecule has 0 bridgehead atoms. The molecule has 2 aromatic carbocycles. The molecule has 0 aliphatic heterocycles. The van der Waals surface area contributed by atoms with Gasteiger partial charge in [0.05, 0.1) is 0 Å². The Morgan fingerprint density at radius 1 is 0.842 bits per heavy atom. The Morgan fingerprint density at radius 2 is 1.21 bits per heavy atom. The third-order valence-corrected chi connectivity index (χ3v) is 2.95. The van der Waals surface area contributed by atoms with E-state index in [-0.39, 0.29) is 34.8 Å². The Morgan fingerprint density at radius 3 is 1.53 bits per heavy atom. The van der Waals surface area contributed by atoms with Gasteiger partial charge in [-0.15, -0.1) is 0 Å². The van der Waals surface area contributed by atoms with Crippen LogP contribution in [0.5, 0.6) is 0 Å². The molecule has 0 spiro atoms. The van der Waals surface area contributed by atoms with Gasteiger partial charge in [-0.2, -0.15) is 0 Å². The maximum Gasteiger partial charge on any atom is 1.00 e. The molecule has 0 atom stereocenters. The Kier molecular flexibility index (Phi) is 7.10. The molecule has 2 rings (SSSR count). The minimum atomic E-state index is -0.317. The summed E-state index contributed by atoms with van der Waals surface area (Å²) in [5.41, 5.74) is 2.18. The number of carbonyl (C=O) groups is 1. The van der Waals surface area contributed by atoms with Crippen molar-refractivity contribution in [2.75, 3.05) is 0 Å². The van der Waals surface area contributed by atoms with Gasteiger partial charge in [-0.25, -0.2) is 0 Å². The fourth-order valence-corrected chi connectivity index (χ4v) is 1.92. The first kappa shape index (κ1) is 16.2. The number of hydrogen-bond donors (Lipinski definition) is 0. The zero-order valence-electron chi connectivity index (χ0n) is 11.0. The number of hydrogen-bond acceptors (Lipinski definition) is 2. The van der Waals surface area contributed by atoms with Crippen LogP contribution in [0.3, 0.4) is 0 Å². The molecular weight excluding hydrogens is 265 g/mol. The molecule has 0 aliphatic carbocycles. The average Bonchev–Trinajstić information content (AvgIpc) is 2.40. The Bertz CT molecular complexity index is 463. The topological polar surface area (TPSA) is 20.3 Å². The maximum absolute atomic E-state index is 11.5. The molecule has 0 saturated carbocycles. The Balaban J connectivity index is 0.00000180. The zero-order valence-corrected chi connectivity index (χ0v) is 13.8. The third-order valence-electron chi connectivity index (χ3n) is 2.69. The molecule has 92 valence electrons. The summed E-state index contributed by atoms with van der Waals surface area (Å²) >= 11 is 4.79. The maximum atomic E-state index is 11.5. The van der Waals surface area contributed by atoms with E-state index in [2.05, 4.69) is 0 Å². The molecule has 2 nitrogen and oxygen atoms in total. The number of benzene rings is 2. The van der Waals surface area contributed by atoms with Crippen LogP contribution in [0.15, 0.2) is 60.7 Å². The number of rotatable bonds is 4. The second-order valence-corrected chi connectivity index (χ2v) is 4.44. The van der Waals surface area contributed by atoms with E-state index in [9.17, 15) is 4.79 Å². The normalized spacial score (nSPS) is 9.47. The first-order chi connectivity index (χ1) is 8.75. The van der Waals surface area contributed by atoms with Crippen molar-refractivity contribution < 1.29 is 34.4 Å². The van der Waals surface area contributed by atoms with Gasteiger partial charge < -0.3 is 22.3 Å². The minimum Gasteiger partial charge on any atom is -0.719 e. The monoisotopic (exact) mass is 279 g/mol. The van der Waals surface area contributed by atoms with Crippen LogP contribution in [0.2, 0.25) is 0 Å². The van der Waals surface area contributed by atoms with Crippen LogP contribution in [0.1, 0.15) is 11.1 Å². The summed E-state index contributed by atoms with van der Waals surface area (Å²) < 4.78 is 0. The molecule has 0 fully saturated rings. The smallest absolute Gasteiger partial charge is 0.719 e. The van der Waals surface area contributed by atoms with E-state index >= 15 is 0 Å². The molecule has 2 aromatic rings. The summed E-state index contributed by atoms with van der Waals surface area (Å²) in [6.45, 7) is 1.11. The molecule has 0 saturated heterocycles. The van der Waals surface area contributed by atoms with Crippen molar-refractivity contribution in [1.82, 2.24) is 4.90 Å². The number of amides is 1. The minimum absolute atomic E-state index is 0. The molecule has 0 N–H and O–H groups in total. The van der Waals surface area contributed by atoms with Crippen molar-refractivity contribution in [3.8, 4) is 0 Å². The second kappa shape index (κ2) is 8.33. The summed E-state index contributed by atoms with van der Waals surface area (Å²) in [5.74, 6) is 0. The van der Waals surface area contributed by atoms with Crippen molar-refractivity contribution in [3.05, 3.63) is 71.8 Å². The van der Waals surface area contributed by atoms with Crippen molar-refractivity contribution in [1.29, 1.82) is 0 Å². The van der Waals surface area contributed by atoms with E-state index in [4.69, 9.17) is 12.6 Å². The first-order valence-electron chi connectivity index (χ1n) is 5.79. The van der Waals surface area contributed by atoms with Gasteiger partial charge in [0.15, 0.2) is 0 Å². The Labute approximate surface area is 141 Å². The van der Waals surface area contributed by atoms with Gasteiger partial charge in [-0.05, 0) is 11.1 Å². The van der Waals surface area contributed by atoms with Crippen LogP contribution in [0.4, 0.5) is 4.79 Å². The summed E-state index contributed by atoms with van der Waals surface area (Å²) in [4.78, 5) is 13.2. The molecular formula is C15H14NNaOS. The van der Waals surface area contributed by atoms with E-state index in [1.165, 1.54) is 0 Å². The van der Waals surface area contributed by atoms with Crippen molar-refractivity contribution in [2.24, 2.45) is 0 Å². The standard InChI is InChI=1S/C15H15NOS.Na/c17-15(18)16(11-13-7-3-1-4-8-13)12-14-9-5-2-6-10-14;/h1-10H,11-12H2,(H,17,18);/q;+1/p-1. The van der Waals surface area contributed by atoms with Crippen molar-refractivity contribution in [3.63, 3.8) is 0 Å². The molecule has 4 heteroatoms. The van der Waals surface area contributed by atoms with Gasteiger partial charge in [0.2, 0.25) is 0 Å². The Hall–Kier alpha value is -0.870. The van der Waals surface area contributed by atoms with Crippen LogP contribution in [0.25, 0.3) is 0 Å². The fraction of sp³-hybridized carbons (Fsp3) is 0.133. The summed E-state index contributed by atoms with van der Waals surface area (Å²) in [6, 6.07) is 19.8. The van der Waals surface area contributed by atoms with Gasteiger partial charge in [0.1, 0.15) is 5.24 Å². The van der Waals surface area contributed by atoms with Crippen LogP contribution >= 0.6 is 0 Å². The number of nitrogens with zero attached hydrogens (tertiary/aromatic N) is 1. The average molecular weight is 279 g/mol. The van der Waals surface area contributed by atoms with Gasteiger partial charge in [-0.3, -0.25) is 0 Å². The number of carbonyl (C=O) groups excluding carboxylic acids is 1. The summed E-state index contributed by atoms with van der Waals surface area (Å²) in [7, 11) is 0. The molecule has 1 amide bonds. The second-order valence-electron chi connectivity index (χ2n) is 4.09. The predicted molar refractivity (Wildman–Crippen MR) is 74.9 cm³/mol. The zero-order chi connectivity index (χ0) is 12.8. The third kappa shape index (κ3) is 5.33. The van der Waals surface area contributed by atoms with Crippen molar-refractivity contribution in [2.45, 2.75) is 13.1 Å². The van der Waals surface area contributed by atoms with E-state index in [0.717, 1.165) is 11.1 Å². The fourth-order valence-electron chi connectivity index (χ4n) is 1.79. The van der Waals surface area contributed by atoms with Crippen LogP contribution < -0.4 is 29.6 Å². The quantitative estimate of drug-likeness (QED) is 0.595. The molecule has 0 heterocycles. The first-order valence-corrected chi connectivity index (χ1v) is 6.20. The van der Waals surface area contributed by atoms with Crippen LogP contribution in [-0.2, 0) is 25.7 Å². The molecule has 0 radical (unpaired) electrons. The molecule has 0 aromatic heterocycles. The van der Waals surface area contributed by atoms with E-state index < -0.39 is 0 Å². The summed E-state index contributed by atoms with van der Waals surface area (Å²) in [6.07, 6.45) is 0. The largest absolute Gasteiger partial charge is 1.00 e. The molecule has 0 unspecified atom stereocenters. The SMILES string of the molecule is O=C([S-])N(Cc1ccccc1)Cc1ccccc1.[Na+]. The van der Waals surface area contributed by atoms with Gasteiger partial charge in [-0.1, -0.05) is 60.7 Å². The van der Waals surface area contributed by atoms with E-state index in [1.807, 2.05) is 60.7 Å². The van der Waals surface area contributed by atoms with Gasteiger partial charge >= 0.3 is 29.6 Å². The van der Waals surface area contributed by atoms with E-state index in [0.29, 0.717) is 13.1 Å². The van der Waals surface area contributed by atoms with E-state index in [1.54, 1.807) is 4.90 Å². The molecule has 19 heavy (non-hydrogen) atoms. The summed E-state index contributed by atoms with van der Waals surface area (Å²) in [5, 5.41) is -0.317. The van der Waals surface area contributed by atoms with Gasteiger partial charge in [0, 0.05) is 13.1 Å². The van der Waals surface area contributed by atoms with Gasteiger partial charge in [0.25, 0.3) is 0 Å². The van der Waals surface area contributed by atoms with Crippen LogP contribution in [-0.4, -0.2) is 10.1 Å². The van der Waals surface area contributed by atoms with Crippen LogP contribution in [0, 0.1) is 0 Å².